The van der Waals surface area contributed by atoms with Gasteiger partial charge in [0, 0.05) is 22.7 Å². The molecule has 1 aliphatic rings. The second kappa shape index (κ2) is 5.52. The van der Waals surface area contributed by atoms with Gasteiger partial charge in [-0.3, -0.25) is 0 Å². The summed E-state index contributed by atoms with van der Waals surface area (Å²) < 4.78 is 23.1. The van der Waals surface area contributed by atoms with Crippen LogP contribution < -0.4 is 10.6 Å². The summed E-state index contributed by atoms with van der Waals surface area (Å²) in [6.07, 6.45) is 3.01. The van der Waals surface area contributed by atoms with Crippen LogP contribution in [0.2, 0.25) is 0 Å². The SMILES string of the molecule is CS(=O)(=O)Cc1ccc2[nH]c(O)c(C=c3ccc4c(c3)N=NN=4)c2c1. The second-order valence-electron chi connectivity index (χ2n) is 6.02. The lowest BCUT2D eigenvalue weighted by molar-refractivity contribution is 0.457. The van der Waals surface area contributed by atoms with E-state index < -0.39 is 9.84 Å². The maximum absolute atomic E-state index is 11.5. The Hall–Kier alpha value is -3.00. The van der Waals surface area contributed by atoms with Gasteiger partial charge < -0.3 is 10.1 Å². The number of H-pyrrole nitrogens is 1. The second-order valence-corrected chi connectivity index (χ2v) is 8.16. The first-order valence-electron chi connectivity index (χ1n) is 7.51. The van der Waals surface area contributed by atoms with Crippen molar-refractivity contribution in [2.24, 2.45) is 15.4 Å². The standard InChI is InChI=1S/C17H14N4O3S/c1-25(23,24)9-11-3-4-14-12(7-11)13(17(22)18-14)6-10-2-5-15-16(8-10)20-21-19-15/h2-8,18,22H,9H2,1H3. The number of benzene rings is 2. The molecule has 0 fully saturated rings. The summed E-state index contributed by atoms with van der Waals surface area (Å²) in [5.41, 5.74) is 2.67. The molecule has 3 aromatic rings. The van der Waals surface area contributed by atoms with Crippen LogP contribution in [0.3, 0.4) is 0 Å². The van der Waals surface area contributed by atoms with E-state index in [4.69, 9.17) is 0 Å². The zero-order chi connectivity index (χ0) is 17.6. The smallest absolute Gasteiger partial charge is 0.196 e. The van der Waals surface area contributed by atoms with E-state index in [1.54, 1.807) is 18.2 Å². The summed E-state index contributed by atoms with van der Waals surface area (Å²) in [7, 11) is -3.13. The van der Waals surface area contributed by atoms with E-state index in [0.717, 1.165) is 16.1 Å². The minimum absolute atomic E-state index is 0.0262. The molecule has 4 rings (SSSR count). The van der Waals surface area contributed by atoms with Crippen LogP contribution in [0.4, 0.5) is 5.69 Å². The van der Waals surface area contributed by atoms with Gasteiger partial charge in [0.15, 0.2) is 15.7 Å². The van der Waals surface area contributed by atoms with E-state index in [0.29, 0.717) is 22.2 Å². The first kappa shape index (κ1) is 15.5. The highest BCUT2D eigenvalue weighted by molar-refractivity contribution is 7.89. The molecule has 0 amide bonds. The molecule has 0 spiro atoms. The van der Waals surface area contributed by atoms with Gasteiger partial charge >= 0.3 is 0 Å². The van der Waals surface area contributed by atoms with Gasteiger partial charge in [0.25, 0.3) is 0 Å². The fourth-order valence-electron chi connectivity index (χ4n) is 2.86. The van der Waals surface area contributed by atoms with Crippen molar-refractivity contribution in [3.05, 3.63) is 58.1 Å². The number of rotatable bonds is 3. The highest BCUT2D eigenvalue weighted by Gasteiger charge is 2.12. The van der Waals surface area contributed by atoms with Gasteiger partial charge in [0.1, 0.15) is 11.0 Å². The Balaban J connectivity index is 1.88. The van der Waals surface area contributed by atoms with Gasteiger partial charge in [-0.25, -0.2) is 8.42 Å². The Morgan fingerprint density at radius 1 is 1.20 bits per heavy atom. The van der Waals surface area contributed by atoms with Gasteiger partial charge in [-0.15, -0.1) is 10.2 Å². The number of hydrogen-bond donors (Lipinski definition) is 2. The van der Waals surface area contributed by atoms with Crippen molar-refractivity contribution in [2.75, 3.05) is 6.26 Å². The van der Waals surface area contributed by atoms with Crippen LogP contribution >= 0.6 is 0 Å². The third-order valence-corrected chi connectivity index (χ3v) is 4.78. The first-order valence-corrected chi connectivity index (χ1v) is 9.57. The molecule has 0 radical (unpaired) electrons. The van der Waals surface area contributed by atoms with E-state index >= 15 is 0 Å². The Morgan fingerprint density at radius 3 is 2.84 bits per heavy atom. The van der Waals surface area contributed by atoms with Crippen molar-refractivity contribution in [3.8, 4) is 5.88 Å². The normalized spacial score (nSPS) is 14.0. The lowest BCUT2D eigenvalue weighted by Gasteiger charge is -2.00. The molecule has 0 bridgehead atoms. The van der Waals surface area contributed by atoms with Gasteiger partial charge in [-0.2, -0.15) is 0 Å². The Labute approximate surface area is 143 Å². The first-order chi connectivity index (χ1) is 11.9. The molecule has 2 heterocycles. The van der Waals surface area contributed by atoms with E-state index in [-0.39, 0.29) is 11.6 Å². The molecule has 1 aliphatic heterocycles. The molecule has 1 aromatic heterocycles. The summed E-state index contributed by atoms with van der Waals surface area (Å²) >= 11 is 0. The van der Waals surface area contributed by atoms with Crippen LogP contribution in [0, 0.1) is 0 Å². The summed E-state index contributed by atoms with van der Waals surface area (Å²) in [6.45, 7) is 0. The average Bonchev–Trinajstić information content (AvgIpc) is 3.11. The zero-order valence-corrected chi connectivity index (χ0v) is 14.1. The lowest BCUT2D eigenvalue weighted by Crippen LogP contribution is -2.06. The molecule has 0 saturated carbocycles. The highest BCUT2D eigenvalue weighted by atomic mass is 32.2. The van der Waals surface area contributed by atoms with Crippen molar-refractivity contribution >= 4 is 32.5 Å². The number of aromatic hydroxyl groups is 1. The quantitative estimate of drug-likeness (QED) is 0.750. The molecule has 2 aromatic carbocycles. The molecule has 0 unspecified atom stereocenters. The van der Waals surface area contributed by atoms with Crippen LogP contribution in [-0.4, -0.2) is 24.8 Å². The van der Waals surface area contributed by atoms with E-state index in [1.165, 1.54) is 6.26 Å². The van der Waals surface area contributed by atoms with Gasteiger partial charge in [-0.1, -0.05) is 12.1 Å². The predicted octanol–water partition coefficient (Wildman–Crippen LogP) is 1.88. The van der Waals surface area contributed by atoms with Crippen molar-refractivity contribution in [1.82, 2.24) is 4.98 Å². The summed E-state index contributed by atoms with van der Waals surface area (Å²) in [5.74, 6) is -0.0204. The number of hydrogen-bond acceptors (Lipinski definition) is 6. The molecule has 0 atom stereocenters. The average molecular weight is 354 g/mol. The summed E-state index contributed by atoms with van der Waals surface area (Å²) in [4.78, 5) is 2.90. The van der Waals surface area contributed by atoms with Crippen molar-refractivity contribution in [2.45, 2.75) is 5.75 Å². The van der Waals surface area contributed by atoms with Crippen LogP contribution in [0.25, 0.3) is 17.0 Å². The van der Waals surface area contributed by atoms with Crippen molar-refractivity contribution in [3.63, 3.8) is 0 Å². The Bertz CT molecular complexity index is 1260. The Morgan fingerprint density at radius 2 is 2.04 bits per heavy atom. The molecule has 0 aliphatic carbocycles. The molecule has 8 heteroatoms. The Kier molecular flexibility index (Phi) is 3.43. The molecular formula is C17H14N4O3S. The maximum Gasteiger partial charge on any atom is 0.196 e. The van der Waals surface area contributed by atoms with Crippen LogP contribution in [0.15, 0.2) is 51.8 Å². The summed E-state index contributed by atoms with van der Waals surface area (Å²) in [5, 5.41) is 24.0. The highest BCUT2D eigenvalue weighted by Crippen LogP contribution is 2.29. The maximum atomic E-state index is 11.5. The number of nitrogens with zero attached hydrogens (tertiary/aromatic N) is 3. The minimum Gasteiger partial charge on any atom is -0.494 e. The topological polar surface area (TPSA) is 107 Å². The van der Waals surface area contributed by atoms with E-state index in [2.05, 4.69) is 20.4 Å². The molecule has 25 heavy (non-hydrogen) atoms. The largest absolute Gasteiger partial charge is 0.494 e. The van der Waals surface area contributed by atoms with Crippen molar-refractivity contribution < 1.29 is 13.5 Å². The van der Waals surface area contributed by atoms with Gasteiger partial charge in [0.05, 0.1) is 5.75 Å². The third kappa shape index (κ3) is 3.03. The molecule has 0 saturated heterocycles. The summed E-state index contributed by atoms with van der Waals surface area (Å²) in [6, 6.07) is 10.8. The molecular weight excluding hydrogens is 340 g/mol. The minimum atomic E-state index is -3.13. The number of nitrogens with one attached hydrogen (secondary N) is 1. The van der Waals surface area contributed by atoms with Gasteiger partial charge in [0.2, 0.25) is 0 Å². The fraction of sp³-hybridized carbons (Fsp3) is 0.118. The number of fused-ring (bicyclic) bond motifs is 2. The molecule has 126 valence electrons. The van der Waals surface area contributed by atoms with E-state index in [9.17, 15) is 13.5 Å². The third-order valence-electron chi connectivity index (χ3n) is 3.93. The number of sulfone groups is 1. The number of aromatic amines is 1. The van der Waals surface area contributed by atoms with Crippen LogP contribution in [-0.2, 0) is 15.6 Å². The van der Waals surface area contributed by atoms with Crippen LogP contribution in [0.5, 0.6) is 5.88 Å². The fourth-order valence-corrected chi connectivity index (χ4v) is 3.65. The molecule has 7 nitrogen and oxygen atoms in total. The van der Waals surface area contributed by atoms with Crippen LogP contribution in [0.1, 0.15) is 11.1 Å². The monoisotopic (exact) mass is 354 g/mol. The predicted molar refractivity (Wildman–Crippen MR) is 93.8 cm³/mol. The zero-order valence-electron chi connectivity index (χ0n) is 13.3. The number of aromatic nitrogens is 1. The van der Waals surface area contributed by atoms with E-state index in [1.807, 2.05) is 24.3 Å². The lowest BCUT2D eigenvalue weighted by atomic mass is 10.1. The van der Waals surface area contributed by atoms with Gasteiger partial charge in [-0.05, 0) is 46.3 Å². The molecule has 2 N–H and O–H groups in total. The van der Waals surface area contributed by atoms with Crippen molar-refractivity contribution in [1.29, 1.82) is 0 Å².